The number of rotatable bonds is 2. The fourth-order valence-electron chi connectivity index (χ4n) is 3.68. The van der Waals surface area contributed by atoms with Crippen LogP contribution in [0, 0.1) is 11.8 Å². The molecule has 1 amide bonds. The van der Waals surface area contributed by atoms with Crippen molar-refractivity contribution in [1.29, 1.82) is 0 Å². The molecule has 2 fully saturated rings. The van der Waals surface area contributed by atoms with Crippen LogP contribution in [0.4, 0.5) is 10.5 Å². The summed E-state index contributed by atoms with van der Waals surface area (Å²) in [5.74, 6) is 2.13. The second kappa shape index (κ2) is 7.97. The predicted octanol–water partition coefficient (Wildman–Crippen LogP) is 4.45. The third kappa shape index (κ3) is 4.15. The van der Waals surface area contributed by atoms with Gasteiger partial charge in [0.2, 0.25) is 0 Å². The van der Waals surface area contributed by atoms with Gasteiger partial charge in [0.25, 0.3) is 0 Å². The molecule has 0 bridgehead atoms. The Morgan fingerprint density at radius 1 is 0.958 bits per heavy atom. The highest BCUT2D eigenvalue weighted by Crippen LogP contribution is 2.33. The van der Waals surface area contributed by atoms with Crippen LogP contribution < -0.4 is 10.6 Å². The van der Waals surface area contributed by atoms with Crippen LogP contribution in [-0.2, 0) is 0 Å². The fraction of sp³-hybridized carbons (Fsp3) is 0.350. The molecule has 4 nitrogen and oxygen atoms in total. The van der Waals surface area contributed by atoms with Gasteiger partial charge < -0.3 is 10.4 Å². The van der Waals surface area contributed by atoms with Crippen LogP contribution in [0.5, 0.6) is 0 Å². The first kappa shape index (κ1) is 16.5. The van der Waals surface area contributed by atoms with Crippen molar-refractivity contribution in [3.8, 4) is 11.1 Å². The second-order valence-corrected chi connectivity index (χ2v) is 6.45. The van der Waals surface area contributed by atoms with Crippen molar-refractivity contribution in [3.05, 3.63) is 54.6 Å². The minimum Gasteiger partial charge on any atom is -0.465 e. The number of nitrogens with one attached hydrogen (secondary N) is 2. The second-order valence-electron chi connectivity index (χ2n) is 6.45. The summed E-state index contributed by atoms with van der Waals surface area (Å²) in [5.41, 5.74) is 2.47. The number of benzene rings is 2. The number of fused-ring (bicyclic) bond motifs is 1. The molecule has 2 aliphatic rings. The van der Waals surface area contributed by atoms with E-state index in [1.54, 1.807) is 12.1 Å². The van der Waals surface area contributed by atoms with Gasteiger partial charge in [0.15, 0.2) is 0 Å². The molecule has 0 radical (unpaired) electrons. The predicted molar refractivity (Wildman–Crippen MR) is 97.2 cm³/mol. The molecule has 24 heavy (non-hydrogen) atoms. The Kier molecular flexibility index (Phi) is 5.49. The molecule has 2 aromatic rings. The monoisotopic (exact) mass is 324 g/mol. The Morgan fingerprint density at radius 2 is 1.58 bits per heavy atom. The quantitative estimate of drug-likeness (QED) is 0.765. The molecule has 0 spiro atoms. The number of amides is 1. The summed E-state index contributed by atoms with van der Waals surface area (Å²) in [6.07, 6.45) is 3.44. The summed E-state index contributed by atoms with van der Waals surface area (Å²) >= 11 is 0. The van der Waals surface area contributed by atoms with Gasteiger partial charge in [0.1, 0.15) is 0 Å². The van der Waals surface area contributed by atoms with E-state index in [9.17, 15) is 4.79 Å². The van der Waals surface area contributed by atoms with Crippen LogP contribution in [0.25, 0.3) is 11.1 Å². The summed E-state index contributed by atoms with van der Waals surface area (Å²) in [4.78, 5) is 10.6. The van der Waals surface area contributed by atoms with Gasteiger partial charge in [0, 0.05) is 5.56 Å². The van der Waals surface area contributed by atoms with Crippen LogP contribution in [0.15, 0.2) is 54.6 Å². The Bertz CT molecular complexity index is 652. The van der Waals surface area contributed by atoms with Crippen molar-refractivity contribution in [2.45, 2.75) is 19.3 Å². The van der Waals surface area contributed by atoms with Gasteiger partial charge in [-0.05, 0) is 49.4 Å². The van der Waals surface area contributed by atoms with Crippen molar-refractivity contribution in [1.82, 2.24) is 5.32 Å². The zero-order valence-electron chi connectivity index (χ0n) is 13.7. The Labute approximate surface area is 142 Å². The third-order valence-electron chi connectivity index (χ3n) is 4.88. The van der Waals surface area contributed by atoms with E-state index in [2.05, 4.69) is 10.6 Å². The number of hydrogen-bond donors (Lipinski definition) is 3. The largest absolute Gasteiger partial charge is 0.465 e. The lowest BCUT2D eigenvalue weighted by Crippen LogP contribution is -2.08. The summed E-state index contributed by atoms with van der Waals surface area (Å²) in [6, 6.07) is 17.0. The number of carboxylic acid groups (broad SMARTS) is 1. The molecule has 1 aliphatic carbocycles. The maximum atomic E-state index is 10.6. The van der Waals surface area contributed by atoms with E-state index in [1.807, 2.05) is 42.5 Å². The number of anilines is 1. The standard InChI is InChI=1S/C13H11NO2.C7H13N/c15-13(16)14-12-9-5-4-8-11(12)10-6-2-1-3-7-10;1-2-6-4-8-5-7(6)3-1/h1-9,14H,(H,15,16);6-8H,1-5H2. The SMILES string of the molecule is C1CC2CNCC2C1.O=C(O)Nc1ccccc1-c1ccccc1. The zero-order chi connectivity index (χ0) is 16.8. The maximum Gasteiger partial charge on any atom is 0.409 e. The molecule has 1 aliphatic heterocycles. The van der Waals surface area contributed by atoms with Crippen LogP contribution >= 0.6 is 0 Å². The van der Waals surface area contributed by atoms with Crippen LogP contribution in [-0.4, -0.2) is 24.3 Å². The molecule has 2 aromatic carbocycles. The molecule has 126 valence electrons. The van der Waals surface area contributed by atoms with Crippen molar-refractivity contribution < 1.29 is 9.90 Å². The molecule has 2 unspecified atom stereocenters. The first-order chi connectivity index (χ1) is 11.7. The van der Waals surface area contributed by atoms with E-state index in [0.717, 1.165) is 23.0 Å². The van der Waals surface area contributed by atoms with Gasteiger partial charge >= 0.3 is 6.09 Å². The molecule has 1 saturated carbocycles. The highest BCUT2D eigenvalue weighted by Gasteiger charge is 2.30. The number of hydrogen-bond acceptors (Lipinski definition) is 2. The van der Waals surface area contributed by atoms with E-state index in [0.29, 0.717) is 5.69 Å². The summed E-state index contributed by atoms with van der Waals surface area (Å²) in [6.45, 7) is 2.62. The minimum atomic E-state index is -1.05. The van der Waals surface area contributed by atoms with Gasteiger partial charge in [-0.1, -0.05) is 55.0 Å². The molecule has 2 atom stereocenters. The summed E-state index contributed by atoms with van der Waals surface area (Å²) < 4.78 is 0. The first-order valence-electron chi connectivity index (χ1n) is 8.59. The maximum absolute atomic E-state index is 10.6. The van der Waals surface area contributed by atoms with Crippen LogP contribution in [0.2, 0.25) is 0 Å². The molecule has 3 N–H and O–H groups in total. The summed E-state index contributed by atoms with van der Waals surface area (Å²) in [5, 5.41) is 14.5. The molecule has 0 aromatic heterocycles. The van der Waals surface area contributed by atoms with E-state index in [1.165, 1.54) is 32.4 Å². The Balaban J connectivity index is 0.000000175. The van der Waals surface area contributed by atoms with Gasteiger partial charge in [-0.15, -0.1) is 0 Å². The summed E-state index contributed by atoms with van der Waals surface area (Å²) in [7, 11) is 0. The molecule has 4 heteroatoms. The smallest absolute Gasteiger partial charge is 0.409 e. The molecule has 1 saturated heterocycles. The third-order valence-corrected chi connectivity index (χ3v) is 4.88. The highest BCUT2D eigenvalue weighted by molar-refractivity contribution is 5.90. The Morgan fingerprint density at radius 3 is 2.25 bits per heavy atom. The van der Waals surface area contributed by atoms with Gasteiger partial charge in [0.05, 0.1) is 5.69 Å². The fourth-order valence-corrected chi connectivity index (χ4v) is 3.68. The van der Waals surface area contributed by atoms with Crippen LogP contribution in [0.1, 0.15) is 19.3 Å². The number of para-hydroxylation sites is 1. The minimum absolute atomic E-state index is 0.598. The topological polar surface area (TPSA) is 61.4 Å². The van der Waals surface area contributed by atoms with Crippen molar-refractivity contribution in [2.75, 3.05) is 18.4 Å². The normalized spacial score (nSPS) is 21.5. The molecule has 4 rings (SSSR count). The zero-order valence-corrected chi connectivity index (χ0v) is 13.7. The lowest BCUT2D eigenvalue weighted by Gasteiger charge is -2.08. The lowest BCUT2D eigenvalue weighted by molar-refractivity contribution is 0.210. The molecular weight excluding hydrogens is 300 g/mol. The van der Waals surface area contributed by atoms with Gasteiger partial charge in [-0.2, -0.15) is 0 Å². The van der Waals surface area contributed by atoms with E-state index < -0.39 is 6.09 Å². The van der Waals surface area contributed by atoms with Crippen LogP contribution in [0.3, 0.4) is 0 Å². The van der Waals surface area contributed by atoms with Crippen molar-refractivity contribution >= 4 is 11.8 Å². The molecular formula is C20H24N2O2. The van der Waals surface area contributed by atoms with E-state index in [-0.39, 0.29) is 0 Å². The molecule has 1 heterocycles. The highest BCUT2D eigenvalue weighted by atomic mass is 16.4. The van der Waals surface area contributed by atoms with E-state index in [4.69, 9.17) is 5.11 Å². The van der Waals surface area contributed by atoms with Gasteiger partial charge in [-0.3, -0.25) is 5.32 Å². The van der Waals surface area contributed by atoms with Crippen molar-refractivity contribution in [3.63, 3.8) is 0 Å². The lowest BCUT2D eigenvalue weighted by atomic mass is 10.0. The average molecular weight is 324 g/mol. The van der Waals surface area contributed by atoms with Gasteiger partial charge in [-0.25, -0.2) is 4.79 Å². The Hall–Kier alpha value is -2.33. The average Bonchev–Trinajstić information content (AvgIpc) is 3.21. The first-order valence-corrected chi connectivity index (χ1v) is 8.59. The number of carbonyl (C=O) groups is 1. The van der Waals surface area contributed by atoms with E-state index >= 15 is 0 Å². The van der Waals surface area contributed by atoms with Crippen molar-refractivity contribution in [2.24, 2.45) is 11.8 Å².